The Bertz CT molecular complexity index is 464. The second kappa shape index (κ2) is 8.18. The number of aliphatic hydroxyl groups is 1. The van der Waals surface area contributed by atoms with Crippen molar-refractivity contribution in [2.75, 3.05) is 13.2 Å². The van der Waals surface area contributed by atoms with Crippen molar-refractivity contribution in [3.63, 3.8) is 0 Å². The van der Waals surface area contributed by atoms with Crippen molar-refractivity contribution in [1.29, 1.82) is 0 Å². The Morgan fingerprint density at radius 3 is 2.55 bits per heavy atom. The van der Waals surface area contributed by atoms with Gasteiger partial charge in [-0.1, -0.05) is 31.4 Å². The van der Waals surface area contributed by atoms with Gasteiger partial charge in [-0.2, -0.15) is 0 Å². The molecular formula is C18H27NO3. The fraction of sp³-hybridized carbons (Fsp3) is 0.611. The number of benzene rings is 1. The molecule has 0 aromatic heterocycles. The molecular weight excluding hydrogens is 278 g/mol. The van der Waals surface area contributed by atoms with E-state index in [9.17, 15) is 9.90 Å². The zero-order valence-corrected chi connectivity index (χ0v) is 13.4. The first-order valence-electron chi connectivity index (χ1n) is 8.32. The first-order chi connectivity index (χ1) is 10.6. The normalized spacial score (nSPS) is 17.0. The van der Waals surface area contributed by atoms with E-state index in [0.717, 1.165) is 37.0 Å². The average molecular weight is 305 g/mol. The minimum Gasteiger partial charge on any atom is -0.494 e. The van der Waals surface area contributed by atoms with Crippen LogP contribution in [0.1, 0.15) is 51.0 Å². The molecule has 4 nitrogen and oxygen atoms in total. The van der Waals surface area contributed by atoms with Crippen molar-refractivity contribution in [3.05, 3.63) is 29.8 Å². The third-order valence-corrected chi connectivity index (χ3v) is 4.27. The summed E-state index contributed by atoms with van der Waals surface area (Å²) in [6.07, 6.45) is 6.05. The second-order valence-electron chi connectivity index (χ2n) is 6.14. The molecule has 1 aliphatic carbocycles. The zero-order valence-electron chi connectivity index (χ0n) is 13.4. The van der Waals surface area contributed by atoms with E-state index >= 15 is 0 Å². The van der Waals surface area contributed by atoms with E-state index in [0.29, 0.717) is 26.0 Å². The molecule has 0 spiro atoms. The number of aryl methyl sites for hydroxylation is 1. The molecule has 22 heavy (non-hydrogen) atoms. The van der Waals surface area contributed by atoms with E-state index < -0.39 is 5.60 Å². The molecule has 0 saturated heterocycles. The molecule has 1 aromatic rings. The number of nitrogens with one attached hydrogen (secondary N) is 1. The molecule has 1 aliphatic rings. The summed E-state index contributed by atoms with van der Waals surface area (Å²) in [4.78, 5) is 11.9. The third kappa shape index (κ3) is 5.34. The molecule has 1 aromatic carbocycles. The van der Waals surface area contributed by atoms with Crippen LogP contribution in [0.25, 0.3) is 0 Å². The molecule has 2 rings (SSSR count). The number of amides is 1. The van der Waals surface area contributed by atoms with Crippen LogP contribution in [0.2, 0.25) is 0 Å². The van der Waals surface area contributed by atoms with Gasteiger partial charge >= 0.3 is 0 Å². The lowest BCUT2D eigenvalue weighted by Crippen LogP contribution is -2.44. The van der Waals surface area contributed by atoms with Crippen LogP contribution >= 0.6 is 0 Å². The minimum atomic E-state index is -0.687. The monoisotopic (exact) mass is 305 g/mol. The molecule has 0 bridgehead atoms. The van der Waals surface area contributed by atoms with Crippen molar-refractivity contribution in [2.24, 2.45) is 0 Å². The lowest BCUT2D eigenvalue weighted by molar-refractivity contribution is -0.122. The number of hydrogen-bond donors (Lipinski definition) is 2. The smallest absolute Gasteiger partial charge is 0.220 e. The highest BCUT2D eigenvalue weighted by molar-refractivity contribution is 5.76. The van der Waals surface area contributed by atoms with Crippen LogP contribution in [0.15, 0.2) is 24.3 Å². The Balaban J connectivity index is 1.70. The highest BCUT2D eigenvalue weighted by atomic mass is 16.5. The molecule has 1 amide bonds. The van der Waals surface area contributed by atoms with Gasteiger partial charge in [-0.3, -0.25) is 4.79 Å². The fourth-order valence-electron chi connectivity index (χ4n) is 2.92. The topological polar surface area (TPSA) is 58.6 Å². The van der Waals surface area contributed by atoms with Gasteiger partial charge in [-0.15, -0.1) is 0 Å². The second-order valence-corrected chi connectivity index (χ2v) is 6.14. The van der Waals surface area contributed by atoms with Crippen molar-refractivity contribution >= 4 is 5.91 Å². The summed E-state index contributed by atoms with van der Waals surface area (Å²) in [5.74, 6) is 0.864. The van der Waals surface area contributed by atoms with Crippen LogP contribution in [-0.4, -0.2) is 29.8 Å². The Hall–Kier alpha value is -1.55. The Morgan fingerprint density at radius 1 is 1.23 bits per heavy atom. The van der Waals surface area contributed by atoms with Crippen LogP contribution < -0.4 is 10.1 Å². The van der Waals surface area contributed by atoms with Crippen molar-refractivity contribution in [3.8, 4) is 5.75 Å². The molecule has 0 aliphatic heterocycles. The van der Waals surface area contributed by atoms with E-state index in [1.54, 1.807) is 0 Å². The summed E-state index contributed by atoms with van der Waals surface area (Å²) >= 11 is 0. The van der Waals surface area contributed by atoms with Crippen molar-refractivity contribution in [2.45, 2.75) is 57.5 Å². The van der Waals surface area contributed by atoms with Gasteiger partial charge in [-0.25, -0.2) is 0 Å². The van der Waals surface area contributed by atoms with E-state index in [2.05, 4.69) is 5.32 Å². The first-order valence-corrected chi connectivity index (χ1v) is 8.32. The Labute approximate surface area is 132 Å². The van der Waals surface area contributed by atoms with Gasteiger partial charge in [0.25, 0.3) is 0 Å². The lowest BCUT2D eigenvalue weighted by atomic mass is 9.85. The zero-order chi connectivity index (χ0) is 15.8. The number of ether oxygens (including phenoxy) is 1. The van der Waals surface area contributed by atoms with Crippen LogP contribution in [-0.2, 0) is 11.2 Å². The number of hydrogen-bond acceptors (Lipinski definition) is 3. The van der Waals surface area contributed by atoms with Crippen molar-refractivity contribution in [1.82, 2.24) is 5.32 Å². The Morgan fingerprint density at radius 2 is 1.91 bits per heavy atom. The van der Waals surface area contributed by atoms with Gasteiger partial charge in [0.1, 0.15) is 5.75 Å². The van der Waals surface area contributed by atoms with Crippen LogP contribution in [0.5, 0.6) is 5.75 Å². The number of rotatable bonds is 7. The van der Waals surface area contributed by atoms with Gasteiger partial charge in [0, 0.05) is 13.0 Å². The maximum atomic E-state index is 11.9. The summed E-state index contributed by atoms with van der Waals surface area (Å²) < 4.78 is 5.40. The standard InChI is InChI=1S/C18H27NO3/c1-2-22-16-9-6-15(7-10-16)8-11-17(20)19-14-18(21)12-4-3-5-13-18/h6-7,9-10,21H,2-5,8,11-14H2,1H3,(H,19,20). The lowest BCUT2D eigenvalue weighted by Gasteiger charge is -2.32. The van der Waals surface area contributed by atoms with E-state index in [-0.39, 0.29) is 5.91 Å². The maximum Gasteiger partial charge on any atom is 0.220 e. The summed E-state index contributed by atoms with van der Waals surface area (Å²) in [7, 11) is 0. The molecule has 4 heteroatoms. The first kappa shape index (κ1) is 16.8. The number of carbonyl (C=O) groups excluding carboxylic acids is 1. The quantitative estimate of drug-likeness (QED) is 0.814. The summed E-state index contributed by atoms with van der Waals surface area (Å²) in [6, 6.07) is 7.85. The highest BCUT2D eigenvalue weighted by Crippen LogP contribution is 2.27. The molecule has 1 saturated carbocycles. The molecule has 122 valence electrons. The summed E-state index contributed by atoms with van der Waals surface area (Å²) in [5.41, 5.74) is 0.433. The maximum absolute atomic E-state index is 11.9. The van der Waals surface area contributed by atoms with Gasteiger partial charge in [0.15, 0.2) is 0 Å². The minimum absolute atomic E-state index is 0.00730. The van der Waals surface area contributed by atoms with Crippen molar-refractivity contribution < 1.29 is 14.6 Å². The molecule has 0 unspecified atom stereocenters. The molecule has 1 fully saturated rings. The predicted octanol–water partition coefficient (Wildman–Crippen LogP) is 2.83. The van der Waals surface area contributed by atoms with Gasteiger partial charge in [-0.05, 0) is 43.9 Å². The highest BCUT2D eigenvalue weighted by Gasteiger charge is 2.29. The largest absolute Gasteiger partial charge is 0.494 e. The summed E-state index contributed by atoms with van der Waals surface area (Å²) in [5, 5.41) is 13.2. The fourth-order valence-corrected chi connectivity index (χ4v) is 2.92. The SMILES string of the molecule is CCOc1ccc(CCC(=O)NCC2(O)CCCCC2)cc1. The number of carbonyl (C=O) groups is 1. The summed E-state index contributed by atoms with van der Waals surface area (Å²) in [6.45, 7) is 3.00. The predicted molar refractivity (Wildman–Crippen MR) is 87.0 cm³/mol. The van der Waals surface area contributed by atoms with E-state index in [4.69, 9.17) is 4.74 Å². The Kier molecular flexibility index (Phi) is 6.25. The van der Waals surface area contributed by atoms with E-state index in [1.165, 1.54) is 6.42 Å². The molecule has 0 radical (unpaired) electrons. The van der Waals surface area contributed by atoms with Crippen LogP contribution in [0.3, 0.4) is 0 Å². The van der Waals surface area contributed by atoms with Crippen LogP contribution in [0.4, 0.5) is 0 Å². The molecule has 0 atom stereocenters. The molecule has 2 N–H and O–H groups in total. The van der Waals surface area contributed by atoms with Gasteiger partial charge in [0.05, 0.1) is 12.2 Å². The average Bonchev–Trinajstić information content (AvgIpc) is 2.53. The van der Waals surface area contributed by atoms with Gasteiger partial charge < -0.3 is 15.2 Å². The molecule has 0 heterocycles. The van der Waals surface area contributed by atoms with Gasteiger partial charge in [0.2, 0.25) is 5.91 Å². The van der Waals surface area contributed by atoms with E-state index in [1.807, 2.05) is 31.2 Å². The van der Waals surface area contributed by atoms with Crippen LogP contribution in [0, 0.1) is 0 Å². The third-order valence-electron chi connectivity index (χ3n) is 4.27.